The summed E-state index contributed by atoms with van der Waals surface area (Å²) in [7, 11) is 0. The molecule has 4 heteroatoms. The van der Waals surface area contributed by atoms with Gasteiger partial charge in [-0.3, -0.25) is 0 Å². The van der Waals surface area contributed by atoms with Gasteiger partial charge in [0, 0.05) is 18.3 Å². The van der Waals surface area contributed by atoms with E-state index in [9.17, 15) is 4.39 Å². The molecule has 3 rings (SSSR count). The Morgan fingerprint density at radius 1 is 1.47 bits per heavy atom. The Morgan fingerprint density at radius 3 is 3.05 bits per heavy atom. The van der Waals surface area contributed by atoms with Crippen LogP contribution in [0.2, 0.25) is 0 Å². The van der Waals surface area contributed by atoms with Crippen LogP contribution in [0.1, 0.15) is 38.1 Å². The van der Waals surface area contributed by atoms with E-state index < -0.39 is 0 Å². The number of para-hydroxylation sites is 1. The molecule has 2 unspecified atom stereocenters. The van der Waals surface area contributed by atoms with Crippen molar-refractivity contribution in [2.24, 2.45) is 5.92 Å². The molecule has 1 aliphatic rings. The molecular formula is C15H18ClFN2. The van der Waals surface area contributed by atoms with Gasteiger partial charge in [0.25, 0.3) is 0 Å². The van der Waals surface area contributed by atoms with Crippen LogP contribution >= 0.6 is 11.6 Å². The lowest BCUT2D eigenvalue weighted by atomic mass is 10.2. The normalized spacial score (nSPS) is 22.1. The summed E-state index contributed by atoms with van der Waals surface area (Å²) < 4.78 is 16.1. The molecule has 1 heterocycles. The highest BCUT2D eigenvalue weighted by Crippen LogP contribution is 2.48. The molecule has 1 saturated carbocycles. The highest BCUT2D eigenvalue weighted by atomic mass is 35.5. The second kappa shape index (κ2) is 5.12. The average Bonchev–Trinajstić information content (AvgIpc) is 3.03. The van der Waals surface area contributed by atoms with Gasteiger partial charge >= 0.3 is 0 Å². The van der Waals surface area contributed by atoms with Crippen LogP contribution in [-0.4, -0.2) is 15.4 Å². The highest BCUT2D eigenvalue weighted by molar-refractivity contribution is 6.17. The smallest absolute Gasteiger partial charge is 0.151 e. The van der Waals surface area contributed by atoms with Gasteiger partial charge in [-0.15, -0.1) is 11.6 Å². The van der Waals surface area contributed by atoms with Gasteiger partial charge in [-0.2, -0.15) is 0 Å². The summed E-state index contributed by atoms with van der Waals surface area (Å²) in [5.41, 5.74) is 1.41. The summed E-state index contributed by atoms with van der Waals surface area (Å²) in [5, 5.41) is 0. The Kier molecular flexibility index (Phi) is 3.48. The maximum Gasteiger partial charge on any atom is 0.151 e. The van der Waals surface area contributed by atoms with Gasteiger partial charge in [0.15, 0.2) is 5.82 Å². The van der Waals surface area contributed by atoms with Crippen molar-refractivity contribution < 1.29 is 4.39 Å². The number of rotatable bonds is 5. The van der Waals surface area contributed by atoms with Crippen LogP contribution in [-0.2, 0) is 6.42 Å². The first kappa shape index (κ1) is 12.9. The van der Waals surface area contributed by atoms with Crippen molar-refractivity contribution in [1.82, 2.24) is 9.55 Å². The predicted molar refractivity (Wildman–Crippen MR) is 76.2 cm³/mol. The number of imidazole rings is 1. The molecule has 2 nitrogen and oxygen atoms in total. The first-order chi connectivity index (χ1) is 9.26. The number of fused-ring (bicyclic) bond motifs is 1. The van der Waals surface area contributed by atoms with Crippen LogP contribution in [0, 0.1) is 11.7 Å². The third kappa shape index (κ3) is 2.25. The summed E-state index contributed by atoms with van der Waals surface area (Å²) in [5.74, 6) is 1.94. The molecule has 2 aromatic rings. The average molecular weight is 281 g/mol. The van der Waals surface area contributed by atoms with Crippen molar-refractivity contribution in [2.45, 2.75) is 38.6 Å². The van der Waals surface area contributed by atoms with Gasteiger partial charge in [-0.1, -0.05) is 19.4 Å². The largest absolute Gasteiger partial charge is 0.324 e. The van der Waals surface area contributed by atoms with E-state index in [4.69, 9.17) is 11.6 Å². The molecular weight excluding hydrogens is 263 g/mol. The molecule has 1 aliphatic carbocycles. The maximum absolute atomic E-state index is 13.8. The molecule has 2 atom stereocenters. The number of hydrogen-bond donors (Lipinski definition) is 0. The lowest BCUT2D eigenvalue weighted by molar-refractivity contribution is 0.600. The molecule has 19 heavy (non-hydrogen) atoms. The Bertz CT molecular complexity index is 593. The second-order valence-corrected chi connectivity index (χ2v) is 5.67. The van der Waals surface area contributed by atoms with Gasteiger partial charge in [0.1, 0.15) is 11.3 Å². The van der Waals surface area contributed by atoms with E-state index in [1.54, 1.807) is 6.07 Å². The van der Waals surface area contributed by atoms with Crippen molar-refractivity contribution in [3.63, 3.8) is 0 Å². The monoisotopic (exact) mass is 280 g/mol. The van der Waals surface area contributed by atoms with Crippen LogP contribution in [0.15, 0.2) is 18.2 Å². The topological polar surface area (TPSA) is 17.8 Å². The lowest BCUT2D eigenvalue weighted by Crippen LogP contribution is -2.04. The molecule has 102 valence electrons. The number of nitrogens with zero attached hydrogens (tertiary/aromatic N) is 2. The molecule has 0 aliphatic heterocycles. The molecule has 1 aromatic heterocycles. The van der Waals surface area contributed by atoms with Crippen molar-refractivity contribution in [3.05, 3.63) is 29.8 Å². The summed E-state index contributed by atoms with van der Waals surface area (Å²) in [6.07, 6.45) is 4.32. The third-order valence-electron chi connectivity index (χ3n) is 3.94. The second-order valence-electron chi connectivity index (χ2n) is 5.30. The van der Waals surface area contributed by atoms with Crippen LogP contribution in [0.25, 0.3) is 11.0 Å². The third-order valence-corrected chi connectivity index (χ3v) is 4.13. The molecule has 1 fully saturated rings. The van der Waals surface area contributed by atoms with E-state index in [0.717, 1.165) is 17.3 Å². The van der Waals surface area contributed by atoms with E-state index >= 15 is 0 Å². The minimum atomic E-state index is -0.236. The maximum atomic E-state index is 13.8. The quantitative estimate of drug-likeness (QED) is 0.746. The fraction of sp³-hybridized carbons (Fsp3) is 0.533. The summed E-state index contributed by atoms with van der Waals surface area (Å²) in [6.45, 7) is 2.21. The number of benzene rings is 1. The number of halogens is 2. The molecule has 1 aromatic carbocycles. The first-order valence-corrected chi connectivity index (χ1v) is 7.51. The molecule has 0 bridgehead atoms. The Labute approximate surface area is 117 Å². The van der Waals surface area contributed by atoms with Gasteiger partial charge in [0.2, 0.25) is 0 Å². The molecule has 0 spiro atoms. The van der Waals surface area contributed by atoms with Crippen LogP contribution in [0.4, 0.5) is 4.39 Å². The summed E-state index contributed by atoms with van der Waals surface area (Å²) >= 11 is 5.85. The fourth-order valence-electron chi connectivity index (χ4n) is 2.99. The molecule has 0 N–H and O–H groups in total. The summed E-state index contributed by atoms with van der Waals surface area (Å²) in [6, 6.07) is 5.69. The Balaban J connectivity index is 2.05. The SMILES string of the molecule is CCCC1CC1n1c(CCCl)nc2c(F)cccc21. The summed E-state index contributed by atoms with van der Waals surface area (Å²) in [4.78, 5) is 4.46. The van der Waals surface area contributed by atoms with Gasteiger partial charge in [-0.05, 0) is 30.9 Å². The van der Waals surface area contributed by atoms with Gasteiger partial charge < -0.3 is 4.57 Å². The number of aromatic nitrogens is 2. The first-order valence-electron chi connectivity index (χ1n) is 6.97. The number of aryl methyl sites for hydroxylation is 1. The van der Waals surface area contributed by atoms with Crippen LogP contribution in [0.5, 0.6) is 0 Å². The Morgan fingerprint density at radius 2 is 2.32 bits per heavy atom. The van der Waals surface area contributed by atoms with E-state index in [0.29, 0.717) is 23.9 Å². The minimum Gasteiger partial charge on any atom is -0.324 e. The van der Waals surface area contributed by atoms with E-state index in [2.05, 4.69) is 16.5 Å². The van der Waals surface area contributed by atoms with E-state index in [1.807, 2.05) is 6.07 Å². The van der Waals surface area contributed by atoms with Crippen molar-refractivity contribution in [2.75, 3.05) is 5.88 Å². The van der Waals surface area contributed by atoms with Crippen molar-refractivity contribution in [1.29, 1.82) is 0 Å². The number of alkyl halides is 1. The molecule has 0 radical (unpaired) electrons. The zero-order valence-corrected chi connectivity index (χ0v) is 11.8. The van der Waals surface area contributed by atoms with E-state index in [-0.39, 0.29) is 5.82 Å². The zero-order chi connectivity index (χ0) is 13.4. The van der Waals surface area contributed by atoms with E-state index in [1.165, 1.54) is 25.3 Å². The lowest BCUT2D eigenvalue weighted by Gasteiger charge is -2.08. The van der Waals surface area contributed by atoms with Crippen LogP contribution < -0.4 is 0 Å². The predicted octanol–water partition coefficient (Wildman–Crippen LogP) is 4.32. The highest BCUT2D eigenvalue weighted by Gasteiger charge is 2.39. The fourth-order valence-corrected chi connectivity index (χ4v) is 3.16. The zero-order valence-electron chi connectivity index (χ0n) is 11.1. The number of hydrogen-bond acceptors (Lipinski definition) is 1. The van der Waals surface area contributed by atoms with Gasteiger partial charge in [0.05, 0.1) is 5.52 Å². The molecule has 0 saturated heterocycles. The minimum absolute atomic E-state index is 0.236. The Hall–Kier alpha value is -1.09. The standard InChI is InChI=1S/C15H18ClFN2/c1-2-4-10-9-13(10)19-12-6-3-5-11(17)15(12)18-14(19)7-8-16/h3,5-6,10,13H,2,4,7-9H2,1H3. The van der Waals surface area contributed by atoms with Crippen molar-refractivity contribution >= 4 is 22.6 Å². The van der Waals surface area contributed by atoms with Crippen LogP contribution in [0.3, 0.4) is 0 Å². The molecule has 0 amide bonds. The van der Waals surface area contributed by atoms with Crippen molar-refractivity contribution in [3.8, 4) is 0 Å². The van der Waals surface area contributed by atoms with Gasteiger partial charge in [-0.25, -0.2) is 9.37 Å².